The van der Waals surface area contributed by atoms with Crippen molar-refractivity contribution in [2.45, 2.75) is 6.92 Å². The molecular formula is C16H15ClN2O4. The van der Waals surface area contributed by atoms with Crippen LogP contribution in [0.4, 0.5) is 5.69 Å². The Morgan fingerprint density at radius 3 is 2.65 bits per heavy atom. The lowest BCUT2D eigenvalue weighted by Gasteiger charge is -2.08. The van der Waals surface area contributed by atoms with E-state index in [1.54, 1.807) is 31.2 Å². The van der Waals surface area contributed by atoms with Crippen molar-refractivity contribution in [1.82, 2.24) is 0 Å². The number of carboxylic acids is 1. The van der Waals surface area contributed by atoms with Crippen LogP contribution in [0.5, 0.6) is 11.5 Å². The third-order valence-corrected chi connectivity index (χ3v) is 3.18. The first-order chi connectivity index (χ1) is 11.0. The Bertz CT molecular complexity index is 730. The number of rotatable bonds is 6. The second-order valence-corrected chi connectivity index (χ2v) is 4.94. The predicted molar refractivity (Wildman–Crippen MR) is 88.9 cm³/mol. The number of benzene rings is 2. The number of aromatic hydroxyl groups is 1. The van der Waals surface area contributed by atoms with Gasteiger partial charge in [-0.05, 0) is 48.9 Å². The van der Waals surface area contributed by atoms with Crippen LogP contribution in [0.3, 0.4) is 0 Å². The van der Waals surface area contributed by atoms with Crippen molar-refractivity contribution in [3.05, 3.63) is 52.5 Å². The Morgan fingerprint density at radius 2 is 2.04 bits per heavy atom. The molecule has 0 bridgehead atoms. The van der Waals surface area contributed by atoms with Gasteiger partial charge in [-0.15, -0.1) is 0 Å². The van der Waals surface area contributed by atoms with Crippen LogP contribution in [0.25, 0.3) is 0 Å². The first-order valence-electron chi connectivity index (χ1n) is 6.79. The average Bonchev–Trinajstić information content (AvgIpc) is 2.53. The van der Waals surface area contributed by atoms with Gasteiger partial charge in [0, 0.05) is 0 Å². The Morgan fingerprint density at radius 1 is 1.35 bits per heavy atom. The molecule has 0 radical (unpaired) electrons. The van der Waals surface area contributed by atoms with E-state index in [4.69, 9.17) is 21.4 Å². The van der Waals surface area contributed by atoms with E-state index in [9.17, 15) is 9.90 Å². The van der Waals surface area contributed by atoms with Gasteiger partial charge in [-0.2, -0.15) is 5.10 Å². The fourth-order valence-corrected chi connectivity index (χ4v) is 2.02. The van der Waals surface area contributed by atoms with Crippen LogP contribution in [-0.4, -0.2) is 29.0 Å². The van der Waals surface area contributed by atoms with Crippen LogP contribution < -0.4 is 10.2 Å². The van der Waals surface area contributed by atoms with E-state index in [2.05, 4.69) is 10.5 Å². The Kier molecular flexibility index (Phi) is 5.43. The fraction of sp³-hybridized carbons (Fsp3) is 0.125. The van der Waals surface area contributed by atoms with Gasteiger partial charge in [0.05, 0.1) is 29.1 Å². The maximum atomic E-state index is 10.8. The lowest BCUT2D eigenvalue weighted by molar-refractivity contribution is 0.0697. The van der Waals surface area contributed by atoms with Crippen LogP contribution in [0.1, 0.15) is 22.8 Å². The molecule has 120 valence electrons. The molecule has 6 nitrogen and oxygen atoms in total. The number of nitrogens with one attached hydrogen (secondary N) is 1. The van der Waals surface area contributed by atoms with Crippen LogP contribution >= 0.6 is 11.6 Å². The number of carbonyl (C=O) groups is 1. The molecule has 0 aliphatic rings. The van der Waals surface area contributed by atoms with Crippen molar-refractivity contribution in [2.75, 3.05) is 12.0 Å². The molecule has 23 heavy (non-hydrogen) atoms. The third-order valence-electron chi connectivity index (χ3n) is 2.89. The number of hydrogen-bond acceptors (Lipinski definition) is 5. The summed E-state index contributed by atoms with van der Waals surface area (Å²) in [4.78, 5) is 10.8. The van der Waals surface area contributed by atoms with Gasteiger partial charge < -0.3 is 14.9 Å². The lowest BCUT2D eigenvalue weighted by atomic mass is 10.2. The number of phenols is 1. The molecule has 0 heterocycles. The molecule has 0 unspecified atom stereocenters. The molecule has 0 saturated carbocycles. The molecule has 0 aromatic heterocycles. The minimum absolute atomic E-state index is 0.108. The average molecular weight is 335 g/mol. The first-order valence-corrected chi connectivity index (χ1v) is 7.16. The molecule has 2 rings (SSSR count). The Labute approximate surface area is 138 Å². The van der Waals surface area contributed by atoms with Crippen LogP contribution in [0.2, 0.25) is 5.02 Å². The molecular weight excluding hydrogens is 320 g/mol. The summed E-state index contributed by atoms with van der Waals surface area (Å²) in [5, 5.41) is 22.8. The topological polar surface area (TPSA) is 91.2 Å². The Hall–Kier alpha value is -2.73. The van der Waals surface area contributed by atoms with Crippen LogP contribution in [0, 0.1) is 0 Å². The molecule has 2 aromatic carbocycles. The number of hydrazone groups is 1. The second-order valence-electron chi connectivity index (χ2n) is 4.53. The maximum absolute atomic E-state index is 10.8. The third kappa shape index (κ3) is 4.37. The highest BCUT2D eigenvalue weighted by Gasteiger charge is 2.08. The molecule has 0 amide bonds. The highest BCUT2D eigenvalue weighted by Crippen LogP contribution is 2.34. The summed E-state index contributed by atoms with van der Waals surface area (Å²) in [6.45, 7) is 2.20. The summed E-state index contributed by atoms with van der Waals surface area (Å²) < 4.78 is 5.29. The standard InChI is InChI=1S/C16H15ClN2O4/c1-2-23-14-8-10(7-13(17)15(14)20)9-18-19-12-5-3-11(4-6-12)16(21)22/h3-9,19-20H,2H2,1H3,(H,21,22)/b18-9+. The zero-order chi connectivity index (χ0) is 16.8. The van der Waals surface area contributed by atoms with Gasteiger partial charge in [0.2, 0.25) is 0 Å². The summed E-state index contributed by atoms with van der Waals surface area (Å²) in [7, 11) is 0. The van der Waals surface area contributed by atoms with Crippen molar-refractivity contribution < 1.29 is 19.7 Å². The monoisotopic (exact) mass is 334 g/mol. The lowest BCUT2D eigenvalue weighted by Crippen LogP contribution is -1.97. The van der Waals surface area contributed by atoms with E-state index in [1.165, 1.54) is 18.3 Å². The van der Waals surface area contributed by atoms with E-state index in [1.807, 2.05) is 0 Å². The molecule has 2 aromatic rings. The normalized spacial score (nSPS) is 10.7. The molecule has 0 fully saturated rings. The van der Waals surface area contributed by atoms with E-state index in [-0.39, 0.29) is 22.1 Å². The van der Waals surface area contributed by atoms with Crippen molar-refractivity contribution in [1.29, 1.82) is 0 Å². The number of anilines is 1. The van der Waals surface area contributed by atoms with Crippen LogP contribution in [-0.2, 0) is 0 Å². The molecule has 3 N–H and O–H groups in total. The molecule has 0 saturated heterocycles. The zero-order valence-electron chi connectivity index (χ0n) is 12.3. The minimum atomic E-state index is -0.984. The second kappa shape index (κ2) is 7.51. The quantitative estimate of drug-likeness (QED) is 0.554. The van der Waals surface area contributed by atoms with E-state index >= 15 is 0 Å². The van der Waals surface area contributed by atoms with Crippen molar-refractivity contribution in [3.8, 4) is 11.5 Å². The van der Waals surface area contributed by atoms with Crippen molar-refractivity contribution >= 4 is 29.5 Å². The van der Waals surface area contributed by atoms with E-state index in [0.29, 0.717) is 17.9 Å². The summed E-state index contributed by atoms with van der Waals surface area (Å²) in [6, 6.07) is 9.34. The number of carboxylic acid groups (broad SMARTS) is 1. The maximum Gasteiger partial charge on any atom is 0.335 e. The van der Waals surface area contributed by atoms with Gasteiger partial charge in [0.1, 0.15) is 0 Å². The van der Waals surface area contributed by atoms with Crippen molar-refractivity contribution in [2.24, 2.45) is 5.10 Å². The first kappa shape index (κ1) is 16.6. The molecule has 0 atom stereocenters. The number of phenolic OH excluding ortho intramolecular Hbond substituents is 1. The summed E-state index contributed by atoms with van der Waals surface area (Å²) in [5.41, 5.74) is 4.26. The van der Waals surface area contributed by atoms with E-state index < -0.39 is 5.97 Å². The summed E-state index contributed by atoms with van der Waals surface area (Å²) >= 11 is 5.93. The van der Waals surface area contributed by atoms with Gasteiger partial charge in [-0.1, -0.05) is 11.6 Å². The van der Waals surface area contributed by atoms with Gasteiger partial charge in [0.25, 0.3) is 0 Å². The SMILES string of the molecule is CCOc1cc(/C=N/Nc2ccc(C(=O)O)cc2)cc(Cl)c1O. The number of ether oxygens (including phenoxy) is 1. The van der Waals surface area contributed by atoms with Gasteiger partial charge in [-0.3, -0.25) is 5.43 Å². The predicted octanol–water partition coefficient (Wildman–Crippen LogP) is 3.59. The smallest absolute Gasteiger partial charge is 0.335 e. The summed E-state index contributed by atoms with van der Waals surface area (Å²) in [5.74, 6) is -0.808. The number of halogens is 1. The van der Waals surface area contributed by atoms with Crippen LogP contribution in [0.15, 0.2) is 41.5 Å². The zero-order valence-corrected chi connectivity index (χ0v) is 13.0. The number of aromatic carboxylic acids is 1. The largest absolute Gasteiger partial charge is 0.503 e. The Balaban J connectivity index is 2.09. The molecule has 0 spiro atoms. The van der Waals surface area contributed by atoms with Gasteiger partial charge in [0.15, 0.2) is 11.5 Å². The highest BCUT2D eigenvalue weighted by atomic mass is 35.5. The van der Waals surface area contributed by atoms with Gasteiger partial charge in [-0.25, -0.2) is 4.79 Å². The number of hydrogen-bond donors (Lipinski definition) is 3. The van der Waals surface area contributed by atoms with Gasteiger partial charge >= 0.3 is 5.97 Å². The fourth-order valence-electron chi connectivity index (χ4n) is 1.80. The van der Waals surface area contributed by atoms with Crippen molar-refractivity contribution in [3.63, 3.8) is 0 Å². The highest BCUT2D eigenvalue weighted by molar-refractivity contribution is 6.32. The number of nitrogens with zero attached hydrogens (tertiary/aromatic N) is 1. The minimum Gasteiger partial charge on any atom is -0.503 e. The molecule has 0 aliphatic carbocycles. The molecule has 0 aliphatic heterocycles. The summed E-state index contributed by atoms with van der Waals surface area (Å²) in [6.07, 6.45) is 1.51. The molecule has 7 heteroatoms. The van der Waals surface area contributed by atoms with E-state index in [0.717, 1.165) is 0 Å².